The summed E-state index contributed by atoms with van der Waals surface area (Å²) in [6.45, 7) is 9.62. The average Bonchev–Trinajstić information content (AvgIpc) is 3.34. The zero-order valence-electron chi connectivity index (χ0n) is 17.7. The molecule has 8 heteroatoms. The Hall–Kier alpha value is -3.00. The maximum absolute atomic E-state index is 12.6. The molecule has 8 nitrogen and oxygen atoms in total. The van der Waals surface area contributed by atoms with E-state index in [1.807, 2.05) is 49.9 Å². The summed E-state index contributed by atoms with van der Waals surface area (Å²) in [7, 11) is 0. The second kappa shape index (κ2) is 8.79. The van der Waals surface area contributed by atoms with E-state index in [4.69, 9.17) is 8.83 Å². The predicted octanol–water partition coefficient (Wildman–Crippen LogP) is 2.93. The summed E-state index contributed by atoms with van der Waals surface area (Å²) in [6.07, 6.45) is 0.820. The number of amides is 1. The van der Waals surface area contributed by atoms with E-state index >= 15 is 0 Å². The number of carbonyl (C=O) groups is 1. The molecule has 0 aliphatic carbocycles. The Morgan fingerprint density at radius 2 is 1.70 bits per heavy atom. The number of oxazole rings is 1. The van der Waals surface area contributed by atoms with Crippen LogP contribution < -0.4 is 0 Å². The van der Waals surface area contributed by atoms with Crippen molar-refractivity contribution in [1.82, 2.24) is 25.0 Å². The summed E-state index contributed by atoms with van der Waals surface area (Å²) in [6, 6.07) is 7.93. The van der Waals surface area contributed by atoms with Crippen LogP contribution in [0.2, 0.25) is 0 Å². The van der Waals surface area contributed by atoms with Crippen LogP contribution in [-0.4, -0.2) is 57.1 Å². The molecular formula is C22H27N5O3. The molecule has 3 aromatic rings. The maximum atomic E-state index is 12.6. The van der Waals surface area contributed by atoms with Crippen molar-refractivity contribution in [3.05, 3.63) is 53.1 Å². The van der Waals surface area contributed by atoms with Crippen LogP contribution in [0.3, 0.4) is 0 Å². The SMILES string of the molecule is Cc1ccc(-c2nnc(CCC(=O)N3CCN(Cc4nc(C)c(C)o4)CC3)o2)cc1. The Kier molecular flexibility index (Phi) is 5.94. The second-order valence-corrected chi connectivity index (χ2v) is 7.77. The molecule has 1 aromatic carbocycles. The quantitative estimate of drug-likeness (QED) is 0.618. The Morgan fingerprint density at radius 3 is 2.37 bits per heavy atom. The lowest BCUT2D eigenvalue weighted by Crippen LogP contribution is -2.48. The highest BCUT2D eigenvalue weighted by Crippen LogP contribution is 2.19. The minimum atomic E-state index is 0.118. The van der Waals surface area contributed by atoms with Gasteiger partial charge in [0.1, 0.15) is 5.76 Å². The number of carbonyl (C=O) groups excluding carboxylic acids is 1. The van der Waals surface area contributed by atoms with Gasteiger partial charge in [0, 0.05) is 44.6 Å². The smallest absolute Gasteiger partial charge is 0.247 e. The fraction of sp³-hybridized carbons (Fsp3) is 0.455. The van der Waals surface area contributed by atoms with Crippen molar-refractivity contribution in [2.45, 2.75) is 40.2 Å². The maximum Gasteiger partial charge on any atom is 0.247 e. The fourth-order valence-corrected chi connectivity index (χ4v) is 3.49. The molecule has 0 spiro atoms. The van der Waals surface area contributed by atoms with Gasteiger partial charge in [-0.1, -0.05) is 17.7 Å². The number of hydrogen-bond acceptors (Lipinski definition) is 7. The Labute approximate surface area is 175 Å². The molecule has 0 atom stereocenters. The molecule has 2 aromatic heterocycles. The van der Waals surface area contributed by atoms with E-state index < -0.39 is 0 Å². The van der Waals surface area contributed by atoms with Gasteiger partial charge in [0.05, 0.1) is 12.2 Å². The van der Waals surface area contributed by atoms with E-state index in [2.05, 4.69) is 20.1 Å². The first kappa shape index (κ1) is 20.3. The van der Waals surface area contributed by atoms with Crippen LogP contribution in [0.5, 0.6) is 0 Å². The first-order valence-corrected chi connectivity index (χ1v) is 10.3. The Bertz CT molecular complexity index is 981. The molecule has 1 fully saturated rings. The van der Waals surface area contributed by atoms with Crippen LogP contribution in [-0.2, 0) is 17.8 Å². The molecule has 0 N–H and O–H groups in total. The van der Waals surface area contributed by atoms with E-state index in [0.717, 1.165) is 36.0 Å². The van der Waals surface area contributed by atoms with Crippen LogP contribution in [0, 0.1) is 20.8 Å². The number of nitrogens with zero attached hydrogens (tertiary/aromatic N) is 5. The highest BCUT2D eigenvalue weighted by atomic mass is 16.4. The Morgan fingerprint density at radius 1 is 0.967 bits per heavy atom. The number of aromatic nitrogens is 3. The summed E-state index contributed by atoms with van der Waals surface area (Å²) < 4.78 is 11.4. The van der Waals surface area contributed by atoms with Crippen molar-refractivity contribution in [3.8, 4) is 11.5 Å². The van der Waals surface area contributed by atoms with Gasteiger partial charge >= 0.3 is 0 Å². The van der Waals surface area contributed by atoms with Gasteiger partial charge in [0.25, 0.3) is 0 Å². The molecule has 1 aliphatic rings. The number of benzene rings is 1. The standard InChI is InChI=1S/C22H27N5O3/c1-15-4-6-18(7-5-15)22-25-24-19(30-22)8-9-21(28)27-12-10-26(11-13-27)14-20-23-16(2)17(3)29-20/h4-7H,8-14H2,1-3H3. The number of piperazine rings is 1. The lowest BCUT2D eigenvalue weighted by Gasteiger charge is -2.34. The number of aryl methyl sites for hydroxylation is 4. The number of hydrogen-bond donors (Lipinski definition) is 0. The molecule has 1 aliphatic heterocycles. The zero-order valence-corrected chi connectivity index (χ0v) is 17.7. The molecule has 158 valence electrons. The largest absolute Gasteiger partial charge is 0.444 e. The summed E-state index contributed by atoms with van der Waals surface area (Å²) in [5.74, 6) is 2.71. The lowest BCUT2D eigenvalue weighted by atomic mass is 10.1. The molecule has 0 saturated carbocycles. The first-order chi connectivity index (χ1) is 14.5. The summed E-state index contributed by atoms with van der Waals surface area (Å²) >= 11 is 0. The molecule has 0 unspecified atom stereocenters. The van der Waals surface area contributed by atoms with E-state index in [9.17, 15) is 4.79 Å². The van der Waals surface area contributed by atoms with Crippen molar-refractivity contribution in [3.63, 3.8) is 0 Å². The van der Waals surface area contributed by atoms with Crippen molar-refractivity contribution in [1.29, 1.82) is 0 Å². The molecule has 1 saturated heterocycles. The summed E-state index contributed by atoms with van der Waals surface area (Å²) in [4.78, 5) is 21.2. The molecule has 0 radical (unpaired) electrons. The van der Waals surface area contributed by atoms with Gasteiger partial charge in [-0.05, 0) is 32.9 Å². The monoisotopic (exact) mass is 409 g/mol. The van der Waals surface area contributed by atoms with Gasteiger partial charge in [-0.2, -0.15) is 0 Å². The highest BCUT2D eigenvalue weighted by Gasteiger charge is 2.23. The van der Waals surface area contributed by atoms with E-state index in [1.54, 1.807) is 0 Å². The third-order valence-corrected chi connectivity index (χ3v) is 5.47. The minimum absolute atomic E-state index is 0.118. The van der Waals surface area contributed by atoms with Crippen LogP contribution in [0.1, 0.15) is 35.2 Å². The van der Waals surface area contributed by atoms with Crippen LogP contribution in [0.25, 0.3) is 11.5 Å². The van der Waals surface area contributed by atoms with Gasteiger partial charge in [0.15, 0.2) is 0 Å². The van der Waals surface area contributed by atoms with E-state index in [1.165, 1.54) is 5.56 Å². The van der Waals surface area contributed by atoms with Crippen molar-refractivity contribution in [2.24, 2.45) is 0 Å². The highest BCUT2D eigenvalue weighted by molar-refractivity contribution is 5.76. The normalized spacial score (nSPS) is 15.0. The van der Waals surface area contributed by atoms with Crippen molar-refractivity contribution >= 4 is 5.91 Å². The molecular weight excluding hydrogens is 382 g/mol. The average molecular weight is 409 g/mol. The third-order valence-electron chi connectivity index (χ3n) is 5.47. The fourth-order valence-electron chi connectivity index (χ4n) is 3.49. The number of rotatable bonds is 6. The summed E-state index contributed by atoms with van der Waals surface area (Å²) in [5.41, 5.74) is 3.00. The minimum Gasteiger partial charge on any atom is -0.444 e. The van der Waals surface area contributed by atoms with Gasteiger partial charge in [0.2, 0.25) is 23.6 Å². The molecule has 30 heavy (non-hydrogen) atoms. The second-order valence-electron chi connectivity index (χ2n) is 7.77. The molecule has 3 heterocycles. The van der Waals surface area contributed by atoms with Crippen LogP contribution in [0.4, 0.5) is 0 Å². The Balaban J connectivity index is 1.24. The van der Waals surface area contributed by atoms with E-state index in [0.29, 0.717) is 44.3 Å². The summed E-state index contributed by atoms with van der Waals surface area (Å²) in [5, 5.41) is 8.19. The van der Waals surface area contributed by atoms with Gasteiger partial charge in [-0.3, -0.25) is 9.69 Å². The van der Waals surface area contributed by atoms with E-state index in [-0.39, 0.29) is 5.91 Å². The lowest BCUT2D eigenvalue weighted by molar-refractivity contribution is -0.133. The molecule has 0 bridgehead atoms. The van der Waals surface area contributed by atoms with Gasteiger partial charge in [-0.25, -0.2) is 4.98 Å². The predicted molar refractivity (Wildman–Crippen MR) is 111 cm³/mol. The van der Waals surface area contributed by atoms with Gasteiger partial charge in [-0.15, -0.1) is 10.2 Å². The van der Waals surface area contributed by atoms with Crippen molar-refractivity contribution in [2.75, 3.05) is 26.2 Å². The van der Waals surface area contributed by atoms with Crippen LogP contribution >= 0.6 is 0 Å². The zero-order chi connectivity index (χ0) is 21.1. The molecule has 4 rings (SSSR count). The molecule has 1 amide bonds. The third kappa shape index (κ3) is 4.76. The van der Waals surface area contributed by atoms with Gasteiger partial charge < -0.3 is 13.7 Å². The topological polar surface area (TPSA) is 88.5 Å². The van der Waals surface area contributed by atoms with Crippen LogP contribution in [0.15, 0.2) is 33.1 Å². The van der Waals surface area contributed by atoms with Crippen molar-refractivity contribution < 1.29 is 13.6 Å². The first-order valence-electron chi connectivity index (χ1n) is 10.3.